The number of aromatic nitrogens is 1. The van der Waals surface area contributed by atoms with Crippen LogP contribution >= 0.6 is 23.1 Å². The van der Waals surface area contributed by atoms with E-state index in [1.165, 1.54) is 28.5 Å². The molecule has 1 aromatic heterocycles. The highest BCUT2D eigenvalue weighted by Gasteiger charge is 1.99. The molecule has 0 aliphatic carbocycles. The normalized spacial score (nSPS) is 10.7. The van der Waals surface area contributed by atoms with Crippen molar-refractivity contribution in [3.05, 3.63) is 16.1 Å². The van der Waals surface area contributed by atoms with E-state index in [0.29, 0.717) is 0 Å². The molecule has 0 saturated heterocycles. The largest absolute Gasteiger partial charge is 0.312 e. The van der Waals surface area contributed by atoms with Crippen molar-refractivity contribution in [2.75, 3.05) is 18.1 Å². The Balaban J connectivity index is 2.02. The second kappa shape index (κ2) is 7.26. The molecule has 1 N–H and O–H groups in total. The van der Waals surface area contributed by atoms with E-state index < -0.39 is 0 Å². The molecule has 0 aromatic carbocycles. The van der Waals surface area contributed by atoms with Gasteiger partial charge in [-0.3, -0.25) is 0 Å². The van der Waals surface area contributed by atoms with Crippen molar-refractivity contribution in [3.8, 4) is 0 Å². The molecular weight excluding hydrogens is 212 g/mol. The van der Waals surface area contributed by atoms with Crippen molar-refractivity contribution in [1.82, 2.24) is 10.3 Å². The average molecular weight is 230 g/mol. The number of hydrogen-bond donors (Lipinski definition) is 1. The van der Waals surface area contributed by atoms with Crippen LogP contribution in [-0.4, -0.2) is 23.0 Å². The lowest BCUT2D eigenvalue weighted by molar-refractivity contribution is 0.682. The number of thioether (sulfide) groups is 1. The standard InChI is InChI=1S/C10H18N2S2/c1-3-13-6-4-5-11-7-10-9(2)12-8-14-10/h8,11H,3-7H2,1-2H3. The van der Waals surface area contributed by atoms with Gasteiger partial charge >= 0.3 is 0 Å². The van der Waals surface area contributed by atoms with Crippen molar-refractivity contribution in [3.63, 3.8) is 0 Å². The van der Waals surface area contributed by atoms with Crippen LogP contribution in [0.3, 0.4) is 0 Å². The summed E-state index contributed by atoms with van der Waals surface area (Å²) >= 11 is 3.75. The van der Waals surface area contributed by atoms with Crippen LogP contribution in [0, 0.1) is 6.92 Å². The molecular formula is C10H18N2S2. The summed E-state index contributed by atoms with van der Waals surface area (Å²) in [6, 6.07) is 0. The Hall–Kier alpha value is -0.0600. The predicted molar refractivity (Wildman–Crippen MR) is 66.2 cm³/mol. The van der Waals surface area contributed by atoms with E-state index in [4.69, 9.17) is 0 Å². The Morgan fingerprint density at radius 3 is 3.07 bits per heavy atom. The van der Waals surface area contributed by atoms with E-state index in [1.54, 1.807) is 11.3 Å². The second-order valence-electron chi connectivity index (χ2n) is 3.09. The third-order valence-corrected chi connectivity index (χ3v) is 3.90. The maximum Gasteiger partial charge on any atom is 0.0798 e. The fourth-order valence-corrected chi connectivity index (χ4v) is 2.53. The maximum atomic E-state index is 4.22. The molecule has 0 atom stereocenters. The van der Waals surface area contributed by atoms with Gasteiger partial charge in [0.05, 0.1) is 11.2 Å². The molecule has 1 aromatic rings. The van der Waals surface area contributed by atoms with Crippen molar-refractivity contribution in [1.29, 1.82) is 0 Å². The van der Waals surface area contributed by atoms with Crippen LogP contribution < -0.4 is 5.32 Å². The molecule has 0 aliphatic heterocycles. The van der Waals surface area contributed by atoms with Crippen LogP contribution in [0.5, 0.6) is 0 Å². The molecule has 80 valence electrons. The fraction of sp³-hybridized carbons (Fsp3) is 0.700. The Morgan fingerprint density at radius 1 is 1.57 bits per heavy atom. The summed E-state index contributed by atoms with van der Waals surface area (Å²) in [5, 5.41) is 3.44. The monoisotopic (exact) mass is 230 g/mol. The Labute approximate surface area is 94.5 Å². The van der Waals surface area contributed by atoms with Gasteiger partial charge in [0.1, 0.15) is 0 Å². The number of aryl methyl sites for hydroxylation is 1. The molecule has 0 aliphatic rings. The first kappa shape index (κ1) is 12.0. The number of rotatable bonds is 7. The highest BCUT2D eigenvalue weighted by atomic mass is 32.2. The quantitative estimate of drug-likeness (QED) is 0.729. The zero-order valence-electron chi connectivity index (χ0n) is 8.88. The van der Waals surface area contributed by atoms with Gasteiger partial charge in [-0.15, -0.1) is 11.3 Å². The van der Waals surface area contributed by atoms with Gasteiger partial charge < -0.3 is 5.32 Å². The molecule has 0 saturated carbocycles. The summed E-state index contributed by atoms with van der Waals surface area (Å²) in [6.07, 6.45) is 1.26. The average Bonchev–Trinajstić information content (AvgIpc) is 2.58. The van der Waals surface area contributed by atoms with Gasteiger partial charge in [0, 0.05) is 11.4 Å². The molecule has 0 radical (unpaired) electrons. The molecule has 0 amide bonds. The molecule has 1 heterocycles. The van der Waals surface area contributed by atoms with Crippen molar-refractivity contribution >= 4 is 23.1 Å². The summed E-state index contributed by atoms with van der Waals surface area (Å²) in [4.78, 5) is 5.59. The van der Waals surface area contributed by atoms with E-state index >= 15 is 0 Å². The third kappa shape index (κ3) is 4.44. The van der Waals surface area contributed by atoms with Crippen molar-refractivity contribution < 1.29 is 0 Å². The van der Waals surface area contributed by atoms with E-state index in [2.05, 4.69) is 24.1 Å². The Morgan fingerprint density at radius 2 is 2.43 bits per heavy atom. The first-order valence-corrected chi connectivity index (χ1v) is 7.05. The summed E-state index contributed by atoms with van der Waals surface area (Å²) in [7, 11) is 0. The highest BCUT2D eigenvalue weighted by Crippen LogP contribution is 2.11. The molecule has 14 heavy (non-hydrogen) atoms. The summed E-state index contributed by atoms with van der Waals surface area (Å²) in [6.45, 7) is 6.37. The van der Waals surface area contributed by atoms with Crippen molar-refractivity contribution in [2.45, 2.75) is 26.8 Å². The molecule has 0 unspecified atom stereocenters. The minimum Gasteiger partial charge on any atom is -0.312 e. The highest BCUT2D eigenvalue weighted by molar-refractivity contribution is 7.99. The number of hydrogen-bond acceptors (Lipinski definition) is 4. The van der Waals surface area contributed by atoms with Crippen LogP contribution in [0.25, 0.3) is 0 Å². The lowest BCUT2D eigenvalue weighted by atomic mass is 10.4. The number of nitrogens with zero attached hydrogens (tertiary/aromatic N) is 1. The van der Waals surface area contributed by atoms with Crippen LogP contribution in [0.4, 0.5) is 0 Å². The summed E-state index contributed by atoms with van der Waals surface area (Å²) in [5.41, 5.74) is 3.09. The van der Waals surface area contributed by atoms with Crippen LogP contribution in [0.1, 0.15) is 23.9 Å². The SMILES string of the molecule is CCSCCCNCc1scnc1C. The molecule has 4 heteroatoms. The molecule has 2 nitrogen and oxygen atoms in total. The maximum absolute atomic E-state index is 4.22. The predicted octanol–water partition coefficient (Wildman–Crippen LogP) is 2.68. The van der Waals surface area contributed by atoms with E-state index in [-0.39, 0.29) is 0 Å². The van der Waals surface area contributed by atoms with Crippen molar-refractivity contribution in [2.24, 2.45) is 0 Å². The third-order valence-electron chi connectivity index (χ3n) is 1.98. The second-order valence-corrected chi connectivity index (χ2v) is 5.42. The molecule has 0 bridgehead atoms. The van der Waals surface area contributed by atoms with E-state index in [9.17, 15) is 0 Å². The van der Waals surface area contributed by atoms with E-state index in [1.807, 2.05) is 17.3 Å². The van der Waals surface area contributed by atoms with E-state index in [0.717, 1.165) is 13.1 Å². The minimum atomic E-state index is 0.979. The van der Waals surface area contributed by atoms with Gasteiger partial charge in [-0.05, 0) is 31.4 Å². The first-order chi connectivity index (χ1) is 6.84. The Bertz CT molecular complexity index is 248. The lowest BCUT2D eigenvalue weighted by Gasteiger charge is -2.02. The lowest BCUT2D eigenvalue weighted by Crippen LogP contribution is -2.15. The number of thiazole rings is 1. The topological polar surface area (TPSA) is 24.9 Å². The Kier molecular flexibility index (Phi) is 6.23. The van der Waals surface area contributed by atoms with Gasteiger partial charge in [-0.1, -0.05) is 6.92 Å². The van der Waals surface area contributed by atoms with Gasteiger partial charge in [0.15, 0.2) is 0 Å². The van der Waals surface area contributed by atoms with Gasteiger partial charge in [0.25, 0.3) is 0 Å². The van der Waals surface area contributed by atoms with Crippen LogP contribution in [0.2, 0.25) is 0 Å². The fourth-order valence-electron chi connectivity index (χ4n) is 1.14. The first-order valence-electron chi connectivity index (χ1n) is 5.02. The van der Waals surface area contributed by atoms with Crippen LogP contribution in [-0.2, 0) is 6.54 Å². The summed E-state index contributed by atoms with van der Waals surface area (Å²) < 4.78 is 0. The summed E-state index contributed by atoms with van der Waals surface area (Å²) in [5.74, 6) is 2.50. The molecule has 1 rings (SSSR count). The smallest absolute Gasteiger partial charge is 0.0798 e. The molecule has 0 fully saturated rings. The number of nitrogens with one attached hydrogen (secondary N) is 1. The van der Waals surface area contributed by atoms with Gasteiger partial charge in [-0.2, -0.15) is 11.8 Å². The van der Waals surface area contributed by atoms with Gasteiger partial charge in [-0.25, -0.2) is 4.98 Å². The van der Waals surface area contributed by atoms with Gasteiger partial charge in [0.2, 0.25) is 0 Å². The molecule has 0 spiro atoms. The minimum absolute atomic E-state index is 0.979. The zero-order chi connectivity index (χ0) is 10.2. The zero-order valence-corrected chi connectivity index (χ0v) is 10.5. The van der Waals surface area contributed by atoms with Crippen LogP contribution in [0.15, 0.2) is 5.51 Å².